The van der Waals surface area contributed by atoms with Gasteiger partial charge in [-0.1, -0.05) is 0 Å². The van der Waals surface area contributed by atoms with Crippen molar-refractivity contribution in [2.24, 2.45) is 7.05 Å². The Hall–Kier alpha value is -0.870. The van der Waals surface area contributed by atoms with Crippen LogP contribution in [0, 0.1) is 0 Å². The van der Waals surface area contributed by atoms with Crippen LogP contribution in [0.4, 0.5) is 0 Å². The number of nitrogens with zero attached hydrogens (tertiary/aromatic N) is 2. The van der Waals surface area contributed by atoms with E-state index in [1.165, 1.54) is 5.56 Å². The molecule has 0 aromatic carbocycles. The number of nitrogens with one attached hydrogen (secondary N) is 1. The molecule has 1 aromatic heterocycles. The first-order chi connectivity index (χ1) is 8.18. The first-order valence-corrected chi connectivity index (χ1v) is 6.63. The van der Waals surface area contributed by atoms with Gasteiger partial charge in [0.25, 0.3) is 0 Å². The maximum absolute atomic E-state index is 10.3. The molecule has 4 nitrogen and oxygen atoms in total. The van der Waals surface area contributed by atoms with Crippen molar-refractivity contribution >= 4 is 0 Å². The van der Waals surface area contributed by atoms with E-state index in [1.54, 1.807) is 4.68 Å². The van der Waals surface area contributed by atoms with Crippen LogP contribution in [0.5, 0.6) is 0 Å². The molecule has 104 valence electrons. The molecule has 0 aliphatic heterocycles. The zero-order valence-corrected chi connectivity index (χ0v) is 12.3. The van der Waals surface area contributed by atoms with Crippen LogP contribution in [0.2, 0.25) is 0 Å². The molecular weight excluding hydrogens is 226 g/mol. The first kappa shape index (κ1) is 15.2. The summed E-state index contributed by atoms with van der Waals surface area (Å²) in [5.41, 5.74) is 0.676. The molecule has 1 heterocycles. The summed E-state index contributed by atoms with van der Waals surface area (Å²) in [6.07, 6.45) is 6.28. The zero-order valence-electron chi connectivity index (χ0n) is 12.3. The SMILES string of the molecule is Cn1cc(CCC(C)(O)CCNC(C)(C)C)cn1. The normalized spacial score (nSPS) is 15.7. The lowest BCUT2D eigenvalue weighted by Crippen LogP contribution is -2.39. The highest BCUT2D eigenvalue weighted by atomic mass is 16.3. The molecule has 2 N–H and O–H groups in total. The van der Waals surface area contributed by atoms with E-state index >= 15 is 0 Å². The number of hydrogen-bond donors (Lipinski definition) is 2. The molecule has 0 amide bonds. The van der Waals surface area contributed by atoms with Crippen LogP contribution < -0.4 is 5.32 Å². The summed E-state index contributed by atoms with van der Waals surface area (Å²) in [7, 11) is 1.91. The predicted octanol–water partition coefficient (Wildman–Crippen LogP) is 1.88. The molecule has 1 rings (SSSR count). The highest BCUT2D eigenvalue weighted by Crippen LogP contribution is 2.17. The molecule has 18 heavy (non-hydrogen) atoms. The second kappa shape index (κ2) is 5.85. The van der Waals surface area contributed by atoms with Crippen LogP contribution in [0.25, 0.3) is 0 Å². The zero-order chi connectivity index (χ0) is 13.8. The lowest BCUT2D eigenvalue weighted by atomic mass is 9.94. The van der Waals surface area contributed by atoms with Crippen molar-refractivity contribution in [2.75, 3.05) is 6.54 Å². The van der Waals surface area contributed by atoms with Gasteiger partial charge in [-0.25, -0.2) is 0 Å². The summed E-state index contributed by atoms with van der Waals surface area (Å²) in [5.74, 6) is 0. The lowest BCUT2D eigenvalue weighted by Gasteiger charge is -2.26. The van der Waals surface area contributed by atoms with Crippen molar-refractivity contribution < 1.29 is 5.11 Å². The third kappa shape index (κ3) is 6.17. The Morgan fingerprint density at radius 2 is 1.94 bits per heavy atom. The van der Waals surface area contributed by atoms with Crippen LogP contribution in [0.3, 0.4) is 0 Å². The Labute approximate surface area is 110 Å². The molecule has 0 spiro atoms. The third-order valence-electron chi connectivity index (χ3n) is 3.03. The fraction of sp³-hybridized carbons (Fsp3) is 0.786. The smallest absolute Gasteiger partial charge is 0.0635 e. The van der Waals surface area contributed by atoms with Gasteiger partial charge in [0.05, 0.1) is 11.8 Å². The fourth-order valence-corrected chi connectivity index (χ4v) is 1.85. The van der Waals surface area contributed by atoms with Gasteiger partial charge in [0, 0.05) is 18.8 Å². The largest absolute Gasteiger partial charge is 0.390 e. The number of aliphatic hydroxyl groups is 1. The molecule has 1 unspecified atom stereocenters. The van der Waals surface area contributed by atoms with Crippen molar-refractivity contribution in [2.45, 2.75) is 58.1 Å². The van der Waals surface area contributed by atoms with Crippen molar-refractivity contribution in [1.82, 2.24) is 15.1 Å². The number of hydrogen-bond acceptors (Lipinski definition) is 3. The Morgan fingerprint density at radius 1 is 1.28 bits per heavy atom. The van der Waals surface area contributed by atoms with Crippen LogP contribution in [0.15, 0.2) is 12.4 Å². The van der Waals surface area contributed by atoms with Gasteiger partial charge in [-0.15, -0.1) is 0 Å². The van der Waals surface area contributed by atoms with E-state index in [0.29, 0.717) is 0 Å². The van der Waals surface area contributed by atoms with Gasteiger partial charge >= 0.3 is 0 Å². The van der Waals surface area contributed by atoms with Crippen molar-refractivity contribution in [3.05, 3.63) is 18.0 Å². The van der Waals surface area contributed by atoms with Crippen LogP contribution >= 0.6 is 0 Å². The van der Waals surface area contributed by atoms with Gasteiger partial charge in [-0.05, 0) is 59.1 Å². The van der Waals surface area contributed by atoms with E-state index in [0.717, 1.165) is 25.8 Å². The Bertz CT molecular complexity index is 363. The van der Waals surface area contributed by atoms with Gasteiger partial charge in [0.2, 0.25) is 0 Å². The first-order valence-electron chi connectivity index (χ1n) is 6.63. The average molecular weight is 253 g/mol. The second-order valence-electron chi connectivity index (χ2n) is 6.45. The summed E-state index contributed by atoms with van der Waals surface area (Å²) < 4.78 is 1.80. The minimum atomic E-state index is -0.617. The minimum Gasteiger partial charge on any atom is -0.390 e. The molecule has 0 radical (unpaired) electrons. The summed E-state index contributed by atoms with van der Waals surface area (Å²) in [6, 6.07) is 0. The topological polar surface area (TPSA) is 50.1 Å². The molecular formula is C14H27N3O. The Balaban J connectivity index is 2.31. The molecule has 0 saturated heterocycles. The van der Waals surface area contributed by atoms with E-state index in [2.05, 4.69) is 31.2 Å². The Kier molecular flexibility index (Phi) is 4.93. The van der Waals surface area contributed by atoms with Gasteiger partial charge in [-0.2, -0.15) is 5.10 Å². The lowest BCUT2D eigenvalue weighted by molar-refractivity contribution is 0.0411. The molecule has 4 heteroatoms. The van der Waals surface area contributed by atoms with E-state index in [-0.39, 0.29) is 5.54 Å². The molecule has 1 atom stereocenters. The average Bonchev–Trinajstić information content (AvgIpc) is 2.59. The van der Waals surface area contributed by atoms with Gasteiger partial charge < -0.3 is 10.4 Å². The van der Waals surface area contributed by atoms with E-state index in [4.69, 9.17) is 0 Å². The van der Waals surface area contributed by atoms with Crippen molar-refractivity contribution in [3.8, 4) is 0 Å². The van der Waals surface area contributed by atoms with Crippen molar-refractivity contribution in [3.63, 3.8) is 0 Å². The summed E-state index contributed by atoms with van der Waals surface area (Å²) in [6.45, 7) is 9.16. The number of aromatic nitrogens is 2. The van der Waals surface area contributed by atoms with E-state index in [9.17, 15) is 5.11 Å². The number of rotatable bonds is 6. The molecule has 0 aliphatic rings. The summed E-state index contributed by atoms with van der Waals surface area (Å²) in [4.78, 5) is 0. The maximum atomic E-state index is 10.3. The highest BCUT2D eigenvalue weighted by Gasteiger charge is 2.21. The highest BCUT2D eigenvalue weighted by molar-refractivity contribution is 5.04. The second-order valence-corrected chi connectivity index (χ2v) is 6.45. The van der Waals surface area contributed by atoms with Crippen LogP contribution in [-0.2, 0) is 13.5 Å². The molecule has 0 bridgehead atoms. The number of aryl methyl sites for hydroxylation is 2. The maximum Gasteiger partial charge on any atom is 0.0635 e. The van der Waals surface area contributed by atoms with Crippen LogP contribution in [0.1, 0.15) is 46.1 Å². The fourth-order valence-electron chi connectivity index (χ4n) is 1.85. The van der Waals surface area contributed by atoms with E-state index < -0.39 is 5.60 Å². The monoisotopic (exact) mass is 253 g/mol. The minimum absolute atomic E-state index is 0.111. The van der Waals surface area contributed by atoms with Gasteiger partial charge in [0.1, 0.15) is 0 Å². The Morgan fingerprint density at radius 3 is 2.44 bits per heavy atom. The predicted molar refractivity (Wildman–Crippen MR) is 74.5 cm³/mol. The molecule has 0 saturated carbocycles. The summed E-state index contributed by atoms with van der Waals surface area (Å²) >= 11 is 0. The molecule has 0 fully saturated rings. The quantitative estimate of drug-likeness (QED) is 0.814. The third-order valence-corrected chi connectivity index (χ3v) is 3.03. The van der Waals surface area contributed by atoms with Gasteiger partial charge in [-0.3, -0.25) is 4.68 Å². The standard InChI is InChI=1S/C14H27N3O/c1-13(2,3)15-9-8-14(4,18)7-6-12-10-16-17(5)11-12/h10-11,15,18H,6-9H2,1-5H3. The molecule has 0 aliphatic carbocycles. The molecule has 1 aromatic rings. The summed E-state index contributed by atoms with van der Waals surface area (Å²) in [5, 5.41) is 17.9. The van der Waals surface area contributed by atoms with Crippen molar-refractivity contribution in [1.29, 1.82) is 0 Å². The van der Waals surface area contributed by atoms with Crippen LogP contribution in [-0.4, -0.2) is 32.6 Å². The van der Waals surface area contributed by atoms with E-state index in [1.807, 2.05) is 26.4 Å². The van der Waals surface area contributed by atoms with Gasteiger partial charge in [0.15, 0.2) is 0 Å².